The van der Waals surface area contributed by atoms with E-state index in [0.29, 0.717) is 0 Å². The van der Waals surface area contributed by atoms with E-state index < -0.39 is 15.4 Å². The molecule has 0 spiro atoms. The molecule has 0 rings (SSSR count). The predicted molar refractivity (Wildman–Crippen MR) is 53.1 cm³/mol. The third-order valence-corrected chi connectivity index (χ3v) is 3.68. The van der Waals surface area contributed by atoms with Crippen molar-refractivity contribution >= 4 is 10.1 Å². The highest BCUT2D eigenvalue weighted by Crippen LogP contribution is 2.17. The lowest BCUT2D eigenvalue weighted by Crippen LogP contribution is -2.35. The van der Waals surface area contributed by atoms with Gasteiger partial charge >= 0.3 is 0 Å². The lowest BCUT2D eigenvalue weighted by molar-refractivity contribution is 0.415. The minimum atomic E-state index is -3.97. The number of hydrogen-bond acceptors (Lipinski definition) is 3. The van der Waals surface area contributed by atoms with Crippen LogP contribution in [0.3, 0.4) is 0 Å². The van der Waals surface area contributed by atoms with Crippen molar-refractivity contribution in [1.29, 1.82) is 0 Å². The van der Waals surface area contributed by atoms with Crippen molar-refractivity contribution in [3.8, 4) is 0 Å². The van der Waals surface area contributed by atoms with Gasteiger partial charge in [-0.25, -0.2) is 0 Å². The van der Waals surface area contributed by atoms with Crippen LogP contribution in [0.5, 0.6) is 0 Å². The summed E-state index contributed by atoms with van der Waals surface area (Å²) in [7, 11) is -3.97. The van der Waals surface area contributed by atoms with Crippen LogP contribution in [-0.4, -0.2) is 24.8 Å². The van der Waals surface area contributed by atoms with Crippen LogP contribution < -0.4 is 5.73 Å². The summed E-state index contributed by atoms with van der Waals surface area (Å²) < 4.78 is 30.5. The second-order valence-corrected chi connectivity index (χ2v) is 5.04. The molecule has 5 heteroatoms. The van der Waals surface area contributed by atoms with Gasteiger partial charge in [-0.2, -0.15) is 8.42 Å². The van der Waals surface area contributed by atoms with Gasteiger partial charge < -0.3 is 5.73 Å². The first-order valence-electron chi connectivity index (χ1n) is 4.59. The van der Waals surface area contributed by atoms with E-state index in [1.807, 2.05) is 6.92 Å². The van der Waals surface area contributed by atoms with Gasteiger partial charge in [0.15, 0.2) is 0 Å². The summed E-state index contributed by atoms with van der Waals surface area (Å²) in [5.41, 5.74) is 5.29. The van der Waals surface area contributed by atoms with Crippen molar-refractivity contribution < 1.29 is 13.0 Å². The maximum Gasteiger partial charge on any atom is 0.269 e. The summed E-state index contributed by atoms with van der Waals surface area (Å²) in [5.74, 6) is -0.0695. The highest BCUT2D eigenvalue weighted by atomic mass is 32.2. The Hall–Kier alpha value is -0.130. The maximum atomic E-state index is 10.8. The Morgan fingerprint density at radius 1 is 1.46 bits per heavy atom. The quantitative estimate of drug-likeness (QED) is 0.640. The normalized spacial score (nSPS) is 16.9. The minimum Gasteiger partial charge on any atom is -0.329 e. The molecule has 0 fully saturated rings. The summed E-state index contributed by atoms with van der Waals surface area (Å²) >= 11 is 0. The van der Waals surface area contributed by atoms with Gasteiger partial charge in [0.2, 0.25) is 0 Å². The average Bonchev–Trinajstić information content (AvgIpc) is 1.99. The van der Waals surface area contributed by atoms with E-state index in [9.17, 15) is 8.42 Å². The van der Waals surface area contributed by atoms with E-state index in [1.54, 1.807) is 6.92 Å². The molecule has 0 aromatic rings. The van der Waals surface area contributed by atoms with E-state index in [2.05, 4.69) is 0 Å². The van der Waals surface area contributed by atoms with Crippen molar-refractivity contribution in [2.24, 2.45) is 11.7 Å². The first kappa shape index (κ1) is 12.9. The summed E-state index contributed by atoms with van der Waals surface area (Å²) in [6.07, 6.45) is 2.78. The zero-order valence-electron chi connectivity index (χ0n) is 8.23. The van der Waals surface area contributed by atoms with Gasteiger partial charge in [-0.1, -0.05) is 26.7 Å². The molecule has 3 N–H and O–H groups in total. The molecule has 4 nitrogen and oxygen atoms in total. The van der Waals surface area contributed by atoms with Gasteiger partial charge in [-0.15, -0.1) is 0 Å². The molecule has 0 aliphatic rings. The third-order valence-electron chi connectivity index (χ3n) is 2.26. The van der Waals surface area contributed by atoms with E-state index in [-0.39, 0.29) is 12.5 Å². The molecule has 2 unspecified atom stereocenters. The molecular formula is C8H19NO3S. The zero-order chi connectivity index (χ0) is 10.5. The Bertz CT molecular complexity index is 226. The molecule has 0 aliphatic carbocycles. The van der Waals surface area contributed by atoms with Crippen molar-refractivity contribution in [1.82, 2.24) is 0 Å². The Balaban J connectivity index is 4.24. The van der Waals surface area contributed by atoms with Crippen LogP contribution in [0.15, 0.2) is 0 Å². The highest BCUT2D eigenvalue weighted by Gasteiger charge is 2.27. The zero-order valence-corrected chi connectivity index (χ0v) is 9.05. The first-order chi connectivity index (χ1) is 5.93. The fourth-order valence-electron chi connectivity index (χ4n) is 1.36. The lowest BCUT2D eigenvalue weighted by Gasteiger charge is -2.18. The summed E-state index contributed by atoms with van der Waals surface area (Å²) in [5, 5.41) is -0.806. The van der Waals surface area contributed by atoms with E-state index in [0.717, 1.165) is 19.3 Å². The fourth-order valence-corrected chi connectivity index (χ4v) is 2.33. The van der Waals surface area contributed by atoms with Crippen molar-refractivity contribution in [3.63, 3.8) is 0 Å². The molecule has 0 aliphatic heterocycles. The van der Waals surface area contributed by atoms with Crippen LogP contribution >= 0.6 is 0 Å². The molecule has 0 aromatic heterocycles. The van der Waals surface area contributed by atoms with Gasteiger partial charge in [0.1, 0.15) is 5.25 Å². The fraction of sp³-hybridized carbons (Fsp3) is 1.00. The molecule has 13 heavy (non-hydrogen) atoms. The van der Waals surface area contributed by atoms with E-state index in [1.165, 1.54) is 0 Å². The summed E-state index contributed by atoms with van der Waals surface area (Å²) in [6, 6.07) is 0. The van der Waals surface area contributed by atoms with Gasteiger partial charge in [0.05, 0.1) is 0 Å². The Kier molecular flexibility index (Phi) is 5.51. The SMILES string of the molecule is CCCCC(C)C(CN)S(=O)(=O)O. The molecule has 80 valence electrons. The number of rotatable bonds is 6. The average molecular weight is 209 g/mol. The van der Waals surface area contributed by atoms with Gasteiger partial charge in [0, 0.05) is 6.54 Å². The van der Waals surface area contributed by atoms with E-state index >= 15 is 0 Å². The molecule has 2 atom stereocenters. The third kappa shape index (κ3) is 4.59. The molecule has 0 saturated carbocycles. The molecule has 0 heterocycles. The topological polar surface area (TPSA) is 80.4 Å². The predicted octanol–water partition coefficient (Wildman–Crippen LogP) is 1.03. The largest absolute Gasteiger partial charge is 0.329 e. The van der Waals surface area contributed by atoms with Crippen LogP contribution in [0.4, 0.5) is 0 Å². The summed E-state index contributed by atoms with van der Waals surface area (Å²) in [6.45, 7) is 3.84. The molecular weight excluding hydrogens is 190 g/mol. The van der Waals surface area contributed by atoms with Crippen molar-refractivity contribution in [2.45, 2.75) is 38.4 Å². The number of nitrogens with two attached hydrogens (primary N) is 1. The van der Waals surface area contributed by atoms with Crippen LogP contribution in [0.25, 0.3) is 0 Å². The Morgan fingerprint density at radius 3 is 2.31 bits per heavy atom. The minimum absolute atomic E-state index is 0.0102. The summed E-state index contributed by atoms with van der Waals surface area (Å²) in [4.78, 5) is 0. The lowest BCUT2D eigenvalue weighted by atomic mass is 10.0. The second kappa shape index (κ2) is 5.57. The Labute approximate surface area is 80.3 Å². The smallest absolute Gasteiger partial charge is 0.269 e. The van der Waals surface area contributed by atoms with Crippen LogP contribution in [0.1, 0.15) is 33.1 Å². The Morgan fingerprint density at radius 2 is 2.00 bits per heavy atom. The standard InChI is InChI=1S/C8H19NO3S/c1-3-4-5-7(2)8(6-9)13(10,11)12/h7-8H,3-6,9H2,1-2H3,(H,10,11,12). The highest BCUT2D eigenvalue weighted by molar-refractivity contribution is 7.86. The second-order valence-electron chi connectivity index (χ2n) is 3.41. The molecule has 0 saturated heterocycles. The van der Waals surface area contributed by atoms with Crippen LogP contribution in [0.2, 0.25) is 0 Å². The van der Waals surface area contributed by atoms with Crippen molar-refractivity contribution in [3.05, 3.63) is 0 Å². The van der Waals surface area contributed by atoms with Crippen molar-refractivity contribution in [2.75, 3.05) is 6.54 Å². The maximum absolute atomic E-state index is 10.8. The molecule has 0 aromatic carbocycles. The van der Waals surface area contributed by atoms with Gasteiger partial charge in [0.25, 0.3) is 10.1 Å². The van der Waals surface area contributed by atoms with E-state index in [4.69, 9.17) is 10.3 Å². The molecule has 0 amide bonds. The number of unbranched alkanes of at least 4 members (excludes halogenated alkanes) is 1. The molecule has 0 bridgehead atoms. The van der Waals surface area contributed by atoms with Crippen LogP contribution in [0, 0.1) is 5.92 Å². The first-order valence-corrected chi connectivity index (χ1v) is 6.10. The van der Waals surface area contributed by atoms with Gasteiger partial charge in [-0.3, -0.25) is 4.55 Å². The number of hydrogen-bond donors (Lipinski definition) is 2. The molecule has 0 radical (unpaired) electrons. The van der Waals surface area contributed by atoms with Crippen LogP contribution in [-0.2, 0) is 10.1 Å². The monoisotopic (exact) mass is 209 g/mol. The van der Waals surface area contributed by atoms with Gasteiger partial charge in [-0.05, 0) is 12.3 Å².